The van der Waals surface area contributed by atoms with E-state index in [1.165, 1.54) is 12.1 Å². The summed E-state index contributed by atoms with van der Waals surface area (Å²) in [5, 5.41) is 0. The lowest BCUT2D eigenvalue weighted by Gasteiger charge is -2.06. The van der Waals surface area contributed by atoms with E-state index in [1.807, 2.05) is 22.6 Å². The van der Waals surface area contributed by atoms with Crippen LogP contribution in [0.1, 0.15) is 0 Å². The van der Waals surface area contributed by atoms with Crippen LogP contribution >= 0.6 is 45.2 Å². The van der Waals surface area contributed by atoms with Gasteiger partial charge >= 0.3 is 6.61 Å². The van der Waals surface area contributed by atoms with Crippen molar-refractivity contribution in [3.05, 3.63) is 25.1 Å². The second-order valence-electron chi connectivity index (χ2n) is 2.08. The summed E-state index contributed by atoms with van der Waals surface area (Å²) >= 11 is 3.62. The number of hydrogen-bond donors (Lipinski definition) is 0. The van der Waals surface area contributed by atoms with E-state index >= 15 is 0 Å². The van der Waals surface area contributed by atoms with Crippen molar-refractivity contribution in [1.29, 1.82) is 0 Å². The number of benzene rings is 1. The fourth-order valence-corrected chi connectivity index (χ4v) is 2.51. The minimum absolute atomic E-state index is 0.264. The zero-order valence-corrected chi connectivity index (χ0v) is 10.3. The summed E-state index contributed by atoms with van der Waals surface area (Å²) in [6.07, 6.45) is 0. The maximum absolute atomic E-state index is 13.1. The number of hydrogen-bond acceptors (Lipinski definition) is 1. The van der Waals surface area contributed by atoms with Gasteiger partial charge in [-0.15, -0.1) is 0 Å². The lowest BCUT2D eigenvalue weighted by Crippen LogP contribution is -2.04. The quantitative estimate of drug-likeness (QED) is 0.531. The minimum Gasteiger partial charge on any atom is -0.432 e. The summed E-state index contributed by atoms with van der Waals surface area (Å²) in [5.74, 6) is -1.16. The molecule has 0 aliphatic heterocycles. The van der Waals surface area contributed by atoms with Gasteiger partial charge in [0.2, 0.25) is 0 Å². The molecule has 0 bridgehead atoms. The second-order valence-corrected chi connectivity index (χ2v) is 4.49. The highest BCUT2D eigenvalue weighted by molar-refractivity contribution is 14.1. The molecule has 1 nitrogen and oxygen atoms in total. The van der Waals surface area contributed by atoms with Crippen LogP contribution in [-0.2, 0) is 0 Å². The normalized spacial score (nSPS) is 10.6. The lowest BCUT2D eigenvalue weighted by atomic mass is 10.3. The largest absolute Gasteiger partial charge is 0.432 e. The van der Waals surface area contributed by atoms with Gasteiger partial charge in [0.1, 0.15) is 0 Å². The Hall–Kier alpha value is 0.270. The van der Waals surface area contributed by atoms with E-state index < -0.39 is 18.2 Å². The van der Waals surface area contributed by atoms with Crippen molar-refractivity contribution >= 4 is 45.2 Å². The Morgan fingerprint density at radius 2 is 1.85 bits per heavy atom. The molecule has 0 heterocycles. The lowest BCUT2D eigenvalue weighted by molar-refractivity contribution is -0.0523. The second kappa shape index (κ2) is 4.67. The summed E-state index contributed by atoms with van der Waals surface area (Å²) in [6.45, 7) is -3.00. The molecule has 0 aliphatic rings. The Balaban J connectivity index is 3.05. The molecule has 72 valence electrons. The van der Waals surface area contributed by atoms with Crippen molar-refractivity contribution < 1.29 is 17.9 Å². The van der Waals surface area contributed by atoms with Gasteiger partial charge in [-0.1, -0.05) is 0 Å². The van der Waals surface area contributed by atoms with Crippen molar-refractivity contribution in [2.75, 3.05) is 0 Å². The molecule has 1 aromatic carbocycles. The van der Waals surface area contributed by atoms with Gasteiger partial charge in [0.05, 0.1) is 3.57 Å². The van der Waals surface area contributed by atoms with Gasteiger partial charge in [-0.2, -0.15) is 8.78 Å². The molecule has 0 amide bonds. The van der Waals surface area contributed by atoms with Crippen molar-refractivity contribution in [2.45, 2.75) is 6.61 Å². The van der Waals surface area contributed by atoms with Crippen molar-refractivity contribution in [3.8, 4) is 5.75 Å². The summed E-state index contributed by atoms with van der Waals surface area (Å²) < 4.78 is 41.5. The Labute approximate surface area is 99.9 Å². The molecule has 0 saturated heterocycles. The highest BCUT2D eigenvalue weighted by atomic mass is 127. The Bertz CT molecular complexity index is 317. The van der Waals surface area contributed by atoms with Gasteiger partial charge in [-0.05, 0) is 57.3 Å². The van der Waals surface area contributed by atoms with Crippen LogP contribution in [0.2, 0.25) is 0 Å². The average molecular weight is 414 g/mol. The van der Waals surface area contributed by atoms with E-state index in [-0.39, 0.29) is 3.57 Å². The van der Waals surface area contributed by atoms with E-state index in [0.29, 0.717) is 3.57 Å². The van der Waals surface area contributed by atoms with Gasteiger partial charge in [-0.25, -0.2) is 4.39 Å². The van der Waals surface area contributed by atoms with Crippen LogP contribution in [0.4, 0.5) is 13.2 Å². The molecule has 1 rings (SSSR count). The summed E-state index contributed by atoms with van der Waals surface area (Å²) in [6, 6.07) is 2.76. The molecule has 0 radical (unpaired) electrons. The topological polar surface area (TPSA) is 9.23 Å². The van der Waals surface area contributed by atoms with Crippen LogP contribution < -0.4 is 4.74 Å². The maximum atomic E-state index is 13.1. The Morgan fingerprint density at radius 3 is 2.38 bits per heavy atom. The molecule has 0 atom stereocenters. The van der Waals surface area contributed by atoms with E-state index in [2.05, 4.69) is 4.74 Å². The molecule has 0 spiro atoms. The van der Waals surface area contributed by atoms with E-state index in [4.69, 9.17) is 0 Å². The standard InChI is InChI=1S/C7H3F3I2O/c8-6-4(12)1-3(11)2-5(6)13-7(9)10/h1-2,7H. The molecule has 13 heavy (non-hydrogen) atoms. The first kappa shape index (κ1) is 11.3. The van der Waals surface area contributed by atoms with E-state index in [9.17, 15) is 13.2 Å². The third kappa shape index (κ3) is 3.15. The van der Waals surface area contributed by atoms with Crippen LogP contribution in [-0.4, -0.2) is 6.61 Å². The SMILES string of the molecule is Fc1c(I)cc(I)cc1OC(F)F. The highest BCUT2D eigenvalue weighted by Gasteiger charge is 2.13. The van der Waals surface area contributed by atoms with Crippen molar-refractivity contribution in [2.24, 2.45) is 0 Å². The average Bonchev–Trinajstić information content (AvgIpc) is 1.98. The fourth-order valence-electron chi connectivity index (χ4n) is 0.714. The summed E-state index contributed by atoms with van der Waals surface area (Å²) in [4.78, 5) is 0. The fraction of sp³-hybridized carbons (Fsp3) is 0.143. The summed E-state index contributed by atoms with van der Waals surface area (Å²) in [7, 11) is 0. The van der Waals surface area contributed by atoms with Gasteiger partial charge in [0.15, 0.2) is 11.6 Å². The Morgan fingerprint density at radius 1 is 1.23 bits per heavy atom. The van der Waals surface area contributed by atoms with Crippen LogP contribution in [0.25, 0.3) is 0 Å². The first-order valence-corrected chi connectivity index (χ1v) is 5.26. The van der Waals surface area contributed by atoms with Gasteiger partial charge in [0.25, 0.3) is 0 Å². The Kier molecular flexibility index (Phi) is 4.07. The molecule has 0 N–H and O–H groups in total. The van der Waals surface area contributed by atoms with Crippen molar-refractivity contribution in [1.82, 2.24) is 0 Å². The number of rotatable bonds is 2. The first-order valence-electron chi connectivity index (χ1n) is 3.10. The molecule has 0 unspecified atom stereocenters. The molecule has 0 aliphatic carbocycles. The molecule has 1 aromatic rings. The van der Waals surface area contributed by atoms with Crippen LogP contribution in [0.5, 0.6) is 5.75 Å². The predicted octanol–water partition coefficient (Wildman–Crippen LogP) is 3.64. The minimum atomic E-state index is -3.00. The molecule has 0 saturated carbocycles. The van der Waals surface area contributed by atoms with Crippen LogP contribution in [0.3, 0.4) is 0 Å². The maximum Gasteiger partial charge on any atom is 0.387 e. The third-order valence-corrected chi connectivity index (χ3v) is 2.58. The number of ether oxygens (including phenoxy) is 1. The van der Waals surface area contributed by atoms with Gasteiger partial charge < -0.3 is 4.74 Å². The number of halogens is 5. The van der Waals surface area contributed by atoms with E-state index in [1.54, 1.807) is 22.6 Å². The highest BCUT2D eigenvalue weighted by Crippen LogP contribution is 2.26. The number of alkyl halides is 2. The monoisotopic (exact) mass is 414 g/mol. The molecule has 0 aromatic heterocycles. The van der Waals surface area contributed by atoms with Crippen molar-refractivity contribution in [3.63, 3.8) is 0 Å². The zero-order chi connectivity index (χ0) is 10.0. The first-order chi connectivity index (χ1) is 6.00. The van der Waals surface area contributed by atoms with Gasteiger partial charge in [0, 0.05) is 3.57 Å². The molecular formula is C7H3F3I2O. The molecule has 0 fully saturated rings. The van der Waals surface area contributed by atoms with Crippen LogP contribution in [0, 0.1) is 13.0 Å². The summed E-state index contributed by atoms with van der Waals surface area (Å²) in [5.41, 5.74) is 0. The predicted molar refractivity (Wildman–Crippen MR) is 58.5 cm³/mol. The van der Waals surface area contributed by atoms with E-state index in [0.717, 1.165) is 0 Å². The zero-order valence-electron chi connectivity index (χ0n) is 6.03. The van der Waals surface area contributed by atoms with Gasteiger partial charge in [-0.3, -0.25) is 0 Å². The molecule has 6 heteroatoms. The molecular weight excluding hydrogens is 411 g/mol. The van der Waals surface area contributed by atoms with Crippen LogP contribution in [0.15, 0.2) is 12.1 Å². The third-order valence-electron chi connectivity index (χ3n) is 1.18. The smallest absolute Gasteiger partial charge is 0.387 e.